The zero-order valence-corrected chi connectivity index (χ0v) is 20.5. The Morgan fingerprint density at radius 2 is 1.67 bits per heavy atom. The number of nitrogens with zero attached hydrogens (tertiary/aromatic N) is 1. The van der Waals surface area contributed by atoms with E-state index >= 15 is 0 Å². The molecule has 0 saturated carbocycles. The number of hydrogen-bond donors (Lipinski definition) is 1. The number of aryl methyl sites for hydroxylation is 1. The second-order valence-corrected chi connectivity index (χ2v) is 9.72. The van der Waals surface area contributed by atoms with Crippen LogP contribution < -0.4 is 10.1 Å². The van der Waals surface area contributed by atoms with Crippen molar-refractivity contribution in [3.8, 4) is 5.75 Å². The Kier molecular flexibility index (Phi) is 6.13. The molecule has 0 amide bonds. The van der Waals surface area contributed by atoms with Crippen LogP contribution in [0.5, 0.6) is 5.75 Å². The van der Waals surface area contributed by atoms with E-state index in [1.165, 1.54) is 22.4 Å². The SMILES string of the molecule is Cc1ccc(COc2ccccc2C=Nc2ccc([C@@H]3Nc4ccccc4[C@H]4C=CC[C@H]43)cc2)cc1. The van der Waals surface area contributed by atoms with Gasteiger partial charge in [0.15, 0.2) is 0 Å². The summed E-state index contributed by atoms with van der Waals surface area (Å²) in [5.41, 5.74) is 8.28. The average Bonchev–Trinajstić information content (AvgIpc) is 3.42. The van der Waals surface area contributed by atoms with Gasteiger partial charge in [0.1, 0.15) is 12.4 Å². The molecule has 178 valence electrons. The van der Waals surface area contributed by atoms with E-state index < -0.39 is 0 Å². The number of para-hydroxylation sites is 2. The Balaban J connectivity index is 1.17. The Hall–Kier alpha value is -4.11. The Labute approximate surface area is 213 Å². The van der Waals surface area contributed by atoms with Gasteiger partial charge in [0.25, 0.3) is 0 Å². The van der Waals surface area contributed by atoms with Crippen molar-refractivity contribution in [2.24, 2.45) is 10.9 Å². The van der Waals surface area contributed by atoms with Gasteiger partial charge < -0.3 is 10.1 Å². The van der Waals surface area contributed by atoms with Crippen LogP contribution >= 0.6 is 0 Å². The van der Waals surface area contributed by atoms with Crippen molar-refractivity contribution in [1.82, 2.24) is 0 Å². The smallest absolute Gasteiger partial charge is 0.128 e. The van der Waals surface area contributed by atoms with Crippen molar-refractivity contribution in [3.63, 3.8) is 0 Å². The maximum absolute atomic E-state index is 6.11. The first-order chi connectivity index (χ1) is 17.7. The summed E-state index contributed by atoms with van der Waals surface area (Å²) in [6.45, 7) is 2.63. The second kappa shape index (κ2) is 9.87. The van der Waals surface area contributed by atoms with E-state index in [0.717, 1.165) is 29.0 Å². The molecule has 0 fully saturated rings. The summed E-state index contributed by atoms with van der Waals surface area (Å²) < 4.78 is 6.11. The lowest BCUT2D eigenvalue weighted by Crippen LogP contribution is -2.28. The van der Waals surface area contributed by atoms with Gasteiger partial charge in [0.05, 0.1) is 11.7 Å². The van der Waals surface area contributed by atoms with Gasteiger partial charge in [0, 0.05) is 23.4 Å². The quantitative estimate of drug-likeness (QED) is 0.228. The molecule has 1 aliphatic carbocycles. The van der Waals surface area contributed by atoms with Crippen LogP contribution in [-0.4, -0.2) is 6.21 Å². The van der Waals surface area contributed by atoms with Gasteiger partial charge in [-0.1, -0.05) is 84.4 Å². The van der Waals surface area contributed by atoms with Crippen LogP contribution in [0.1, 0.15) is 46.2 Å². The molecule has 3 atom stereocenters. The van der Waals surface area contributed by atoms with Crippen LogP contribution in [0, 0.1) is 12.8 Å². The average molecular weight is 471 g/mol. The predicted molar refractivity (Wildman–Crippen MR) is 148 cm³/mol. The van der Waals surface area contributed by atoms with Gasteiger partial charge in [-0.05, 0) is 66.3 Å². The minimum absolute atomic E-state index is 0.300. The lowest BCUT2D eigenvalue weighted by Gasteiger charge is -2.37. The van der Waals surface area contributed by atoms with Crippen LogP contribution in [-0.2, 0) is 6.61 Å². The van der Waals surface area contributed by atoms with Gasteiger partial charge in [-0.2, -0.15) is 0 Å². The van der Waals surface area contributed by atoms with E-state index in [1.54, 1.807) is 0 Å². The maximum Gasteiger partial charge on any atom is 0.128 e. The van der Waals surface area contributed by atoms with Crippen LogP contribution in [0.15, 0.2) is 114 Å². The van der Waals surface area contributed by atoms with E-state index in [0.29, 0.717) is 24.5 Å². The second-order valence-electron chi connectivity index (χ2n) is 9.72. The largest absolute Gasteiger partial charge is 0.488 e. The molecule has 3 nitrogen and oxygen atoms in total. The minimum Gasteiger partial charge on any atom is -0.488 e. The van der Waals surface area contributed by atoms with Gasteiger partial charge in [-0.25, -0.2) is 0 Å². The predicted octanol–water partition coefficient (Wildman–Crippen LogP) is 8.15. The van der Waals surface area contributed by atoms with Crippen molar-refractivity contribution in [2.75, 3.05) is 5.32 Å². The molecular weight excluding hydrogens is 440 g/mol. The molecule has 0 unspecified atom stereocenters. The number of fused-ring (bicyclic) bond motifs is 3. The van der Waals surface area contributed by atoms with Crippen molar-refractivity contribution in [2.45, 2.75) is 31.9 Å². The molecule has 0 spiro atoms. The molecule has 1 N–H and O–H groups in total. The standard InChI is InChI=1S/C33H30N2O/c1-23-13-15-24(16-14-23)22-36-32-12-5-2-7-26(32)21-34-27-19-17-25(18-20-27)33-30-10-6-9-28(30)29-8-3-4-11-31(29)35-33/h2-9,11-21,28,30,33,35H,10,22H2,1H3/t28-,30-,33+/m1/s1. The van der Waals surface area contributed by atoms with Gasteiger partial charge in [-0.15, -0.1) is 0 Å². The fourth-order valence-corrected chi connectivity index (χ4v) is 5.35. The highest BCUT2D eigenvalue weighted by Gasteiger charge is 2.37. The van der Waals surface area contributed by atoms with Crippen LogP contribution in [0.3, 0.4) is 0 Å². The first-order valence-corrected chi connectivity index (χ1v) is 12.7. The number of ether oxygens (including phenoxy) is 1. The van der Waals surface area contributed by atoms with E-state index in [2.05, 4.69) is 97.2 Å². The highest BCUT2D eigenvalue weighted by molar-refractivity contribution is 5.85. The number of nitrogens with one attached hydrogen (secondary N) is 1. The summed E-state index contributed by atoms with van der Waals surface area (Å²) in [5, 5.41) is 3.81. The fraction of sp³-hybridized carbons (Fsp3) is 0.182. The third-order valence-electron chi connectivity index (χ3n) is 7.31. The zero-order valence-electron chi connectivity index (χ0n) is 20.5. The van der Waals surface area contributed by atoms with Crippen molar-refractivity contribution >= 4 is 17.6 Å². The molecule has 2 aliphatic rings. The Bertz CT molecular complexity index is 1400. The number of anilines is 1. The summed E-state index contributed by atoms with van der Waals surface area (Å²) in [5.74, 6) is 1.87. The van der Waals surface area contributed by atoms with Crippen LogP contribution in [0.2, 0.25) is 0 Å². The maximum atomic E-state index is 6.11. The lowest BCUT2D eigenvalue weighted by molar-refractivity contribution is 0.306. The van der Waals surface area contributed by atoms with E-state index in [4.69, 9.17) is 9.73 Å². The van der Waals surface area contributed by atoms with E-state index in [9.17, 15) is 0 Å². The molecule has 4 aromatic rings. The third-order valence-corrected chi connectivity index (χ3v) is 7.31. The first kappa shape index (κ1) is 22.4. The molecule has 0 aromatic heterocycles. The normalized spacial score (nSPS) is 20.1. The molecule has 0 bridgehead atoms. The first-order valence-electron chi connectivity index (χ1n) is 12.7. The highest BCUT2D eigenvalue weighted by Crippen LogP contribution is 2.49. The lowest BCUT2D eigenvalue weighted by atomic mass is 9.77. The Morgan fingerprint density at radius 1 is 0.889 bits per heavy atom. The summed E-state index contributed by atoms with van der Waals surface area (Å²) in [6, 6.07) is 34.2. The molecule has 6 rings (SSSR count). The summed E-state index contributed by atoms with van der Waals surface area (Å²) in [7, 11) is 0. The molecule has 0 radical (unpaired) electrons. The number of benzene rings is 4. The molecule has 4 aromatic carbocycles. The summed E-state index contributed by atoms with van der Waals surface area (Å²) in [6.07, 6.45) is 7.72. The van der Waals surface area contributed by atoms with Crippen LogP contribution in [0.4, 0.5) is 11.4 Å². The van der Waals surface area contributed by atoms with Crippen LogP contribution in [0.25, 0.3) is 0 Å². The number of allylic oxidation sites excluding steroid dienone is 2. The monoisotopic (exact) mass is 470 g/mol. The topological polar surface area (TPSA) is 33.6 Å². The fourth-order valence-electron chi connectivity index (χ4n) is 5.35. The number of hydrogen-bond acceptors (Lipinski definition) is 3. The van der Waals surface area contributed by atoms with Gasteiger partial charge in [0.2, 0.25) is 0 Å². The summed E-state index contributed by atoms with van der Waals surface area (Å²) in [4.78, 5) is 4.75. The Morgan fingerprint density at radius 3 is 2.53 bits per heavy atom. The van der Waals surface area contributed by atoms with E-state index in [-0.39, 0.29) is 0 Å². The number of rotatable bonds is 6. The molecular formula is C33H30N2O. The minimum atomic E-state index is 0.300. The zero-order chi connectivity index (χ0) is 24.3. The van der Waals surface area contributed by atoms with E-state index in [1.807, 2.05) is 30.5 Å². The molecule has 3 heteroatoms. The molecule has 1 aliphatic heterocycles. The van der Waals surface area contributed by atoms with Crippen molar-refractivity contribution in [3.05, 3.63) is 137 Å². The molecule has 36 heavy (non-hydrogen) atoms. The van der Waals surface area contributed by atoms with Crippen molar-refractivity contribution < 1.29 is 4.74 Å². The van der Waals surface area contributed by atoms with Crippen molar-refractivity contribution in [1.29, 1.82) is 0 Å². The third kappa shape index (κ3) is 4.57. The van der Waals surface area contributed by atoms with Gasteiger partial charge in [-0.3, -0.25) is 4.99 Å². The highest BCUT2D eigenvalue weighted by atomic mass is 16.5. The molecule has 0 saturated heterocycles. The molecule has 1 heterocycles. The van der Waals surface area contributed by atoms with Gasteiger partial charge >= 0.3 is 0 Å². The number of aliphatic imine (C=N–C) groups is 1. The summed E-state index contributed by atoms with van der Waals surface area (Å²) >= 11 is 0.